The van der Waals surface area contributed by atoms with E-state index in [1.807, 2.05) is 18.2 Å². The molecule has 0 radical (unpaired) electrons. The number of amides is 2. The van der Waals surface area contributed by atoms with E-state index in [1.165, 1.54) is 19.2 Å². The third-order valence-corrected chi connectivity index (χ3v) is 4.31. The second-order valence-corrected chi connectivity index (χ2v) is 5.83. The maximum Gasteiger partial charge on any atom is 0.257 e. The Bertz CT molecular complexity index is 768. The van der Waals surface area contributed by atoms with Gasteiger partial charge < -0.3 is 19.6 Å². The van der Waals surface area contributed by atoms with Gasteiger partial charge in [-0.15, -0.1) is 0 Å². The Labute approximate surface area is 146 Å². The molecular weight excluding hydrogens is 320 g/mol. The van der Waals surface area contributed by atoms with Crippen molar-refractivity contribution in [3.63, 3.8) is 0 Å². The number of phenols is 1. The molecule has 6 heteroatoms. The topological polar surface area (TPSA) is 70.1 Å². The summed E-state index contributed by atoms with van der Waals surface area (Å²) in [4.78, 5) is 28.5. The van der Waals surface area contributed by atoms with Gasteiger partial charge in [0.2, 0.25) is 0 Å². The molecule has 0 aromatic heterocycles. The molecule has 0 spiro atoms. The molecule has 1 heterocycles. The maximum atomic E-state index is 12.6. The van der Waals surface area contributed by atoms with Gasteiger partial charge in [0, 0.05) is 31.7 Å². The normalized spacial score (nSPS) is 14.3. The number of rotatable bonds is 3. The van der Waals surface area contributed by atoms with Crippen LogP contribution in [-0.4, -0.2) is 60.0 Å². The van der Waals surface area contributed by atoms with Crippen LogP contribution in [-0.2, 0) is 0 Å². The summed E-state index contributed by atoms with van der Waals surface area (Å²) in [6, 6.07) is 13.7. The first-order chi connectivity index (χ1) is 12.1. The highest BCUT2D eigenvalue weighted by atomic mass is 16.5. The van der Waals surface area contributed by atoms with Crippen LogP contribution in [0.5, 0.6) is 11.5 Å². The molecule has 1 fully saturated rings. The molecule has 2 amide bonds. The van der Waals surface area contributed by atoms with Crippen LogP contribution in [0, 0.1) is 0 Å². The van der Waals surface area contributed by atoms with Crippen molar-refractivity contribution in [3.8, 4) is 11.5 Å². The fourth-order valence-corrected chi connectivity index (χ4v) is 2.86. The molecule has 0 bridgehead atoms. The maximum absolute atomic E-state index is 12.6. The molecule has 130 valence electrons. The van der Waals surface area contributed by atoms with Gasteiger partial charge >= 0.3 is 0 Å². The second-order valence-electron chi connectivity index (χ2n) is 5.83. The minimum absolute atomic E-state index is 0.0306. The smallest absolute Gasteiger partial charge is 0.257 e. The predicted octanol–water partition coefficient (Wildman–Crippen LogP) is 2.00. The number of hydrogen-bond acceptors (Lipinski definition) is 4. The van der Waals surface area contributed by atoms with E-state index in [1.54, 1.807) is 28.0 Å². The molecule has 2 aromatic carbocycles. The molecule has 6 nitrogen and oxygen atoms in total. The van der Waals surface area contributed by atoms with E-state index in [0.717, 1.165) is 0 Å². The number of carbonyl (C=O) groups excluding carboxylic acids is 2. The third kappa shape index (κ3) is 3.57. The summed E-state index contributed by atoms with van der Waals surface area (Å²) in [6.45, 7) is 1.77. The van der Waals surface area contributed by atoms with Crippen LogP contribution in [0.3, 0.4) is 0 Å². The molecule has 2 aromatic rings. The zero-order valence-electron chi connectivity index (χ0n) is 14.0. The van der Waals surface area contributed by atoms with E-state index < -0.39 is 0 Å². The molecule has 1 aliphatic rings. The van der Waals surface area contributed by atoms with E-state index >= 15 is 0 Å². The monoisotopic (exact) mass is 340 g/mol. The van der Waals surface area contributed by atoms with Crippen LogP contribution < -0.4 is 4.74 Å². The molecule has 1 saturated heterocycles. The van der Waals surface area contributed by atoms with Gasteiger partial charge in [-0.1, -0.05) is 18.2 Å². The molecule has 0 unspecified atom stereocenters. The molecule has 0 aliphatic carbocycles. The quantitative estimate of drug-likeness (QED) is 0.928. The SMILES string of the molecule is COc1ccc(O)c(C(=O)N2CCN(C(=O)c3ccccc3)CC2)c1. The number of nitrogens with zero attached hydrogens (tertiary/aromatic N) is 2. The highest BCUT2D eigenvalue weighted by Gasteiger charge is 2.26. The summed E-state index contributed by atoms with van der Waals surface area (Å²) in [5.41, 5.74) is 0.856. The van der Waals surface area contributed by atoms with E-state index in [4.69, 9.17) is 4.74 Å². The summed E-state index contributed by atoms with van der Waals surface area (Å²) in [7, 11) is 1.51. The van der Waals surface area contributed by atoms with Gasteiger partial charge in [-0.2, -0.15) is 0 Å². The fraction of sp³-hybridized carbons (Fsp3) is 0.263. The number of ether oxygens (including phenoxy) is 1. The lowest BCUT2D eigenvalue weighted by atomic mass is 10.1. The summed E-state index contributed by atoms with van der Waals surface area (Å²) < 4.78 is 5.11. The van der Waals surface area contributed by atoms with Gasteiger partial charge in [-0.05, 0) is 30.3 Å². The Hall–Kier alpha value is -3.02. The molecule has 3 rings (SSSR count). The van der Waals surface area contributed by atoms with Crippen molar-refractivity contribution in [1.82, 2.24) is 9.80 Å². The fourth-order valence-electron chi connectivity index (χ4n) is 2.86. The van der Waals surface area contributed by atoms with Crippen molar-refractivity contribution in [2.24, 2.45) is 0 Å². The molecular formula is C19H20N2O4. The summed E-state index contributed by atoms with van der Waals surface area (Å²) >= 11 is 0. The van der Waals surface area contributed by atoms with Crippen molar-refractivity contribution in [1.29, 1.82) is 0 Å². The van der Waals surface area contributed by atoms with Crippen molar-refractivity contribution < 1.29 is 19.4 Å². The number of carbonyl (C=O) groups is 2. The van der Waals surface area contributed by atoms with Crippen molar-refractivity contribution in [2.75, 3.05) is 33.3 Å². The summed E-state index contributed by atoms with van der Waals surface area (Å²) in [5.74, 6) is 0.146. The van der Waals surface area contributed by atoms with Crippen molar-refractivity contribution >= 4 is 11.8 Å². The van der Waals surface area contributed by atoms with E-state index in [9.17, 15) is 14.7 Å². The highest BCUT2D eigenvalue weighted by Crippen LogP contribution is 2.24. The Balaban J connectivity index is 1.66. The van der Waals surface area contributed by atoms with Gasteiger partial charge in [0.15, 0.2) is 0 Å². The first-order valence-electron chi connectivity index (χ1n) is 8.11. The van der Waals surface area contributed by atoms with Crippen LogP contribution in [0.25, 0.3) is 0 Å². The number of piperazine rings is 1. The Morgan fingerprint density at radius 3 is 2.12 bits per heavy atom. The molecule has 1 aliphatic heterocycles. The number of aromatic hydroxyl groups is 1. The highest BCUT2D eigenvalue weighted by molar-refractivity contribution is 5.98. The van der Waals surface area contributed by atoms with Gasteiger partial charge in [-0.3, -0.25) is 9.59 Å². The van der Waals surface area contributed by atoms with Gasteiger partial charge in [0.05, 0.1) is 12.7 Å². The predicted molar refractivity (Wildman–Crippen MR) is 92.9 cm³/mol. The molecule has 25 heavy (non-hydrogen) atoms. The van der Waals surface area contributed by atoms with E-state index in [-0.39, 0.29) is 23.1 Å². The van der Waals surface area contributed by atoms with Crippen LogP contribution in [0.1, 0.15) is 20.7 Å². The van der Waals surface area contributed by atoms with Crippen LogP contribution >= 0.6 is 0 Å². The van der Waals surface area contributed by atoms with Crippen molar-refractivity contribution in [2.45, 2.75) is 0 Å². The Morgan fingerprint density at radius 2 is 1.52 bits per heavy atom. The lowest BCUT2D eigenvalue weighted by Crippen LogP contribution is -2.50. The summed E-state index contributed by atoms with van der Waals surface area (Å²) in [5, 5.41) is 9.95. The number of hydrogen-bond donors (Lipinski definition) is 1. The minimum Gasteiger partial charge on any atom is -0.507 e. The second kappa shape index (κ2) is 7.25. The van der Waals surface area contributed by atoms with Gasteiger partial charge in [-0.25, -0.2) is 0 Å². The third-order valence-electron chi connectivity index (χ3n) is 4.31. The van der Waals surface area contributed by atoms with Gasteiger partial charge in [0.25, 0.3) is 11.8 Å². The standard InChI is InChI=1S/C19H20N2O4/c1-25-15-7-8-17(22)16(13-15)19(24)21-11-9-20(10-12-21)18(23)14-5-3-2-4-6-14/h2-8,13,22H,9-12H2,1H3. The largest absolute Gasteiger partial charge is 0.507 e. The number of methoxy groups -OCH3 is 1. The lowest BCUT2D eigenvalue weighted by molar-refractivity contribution is 0.0533. The average Bonchev–Trinajstić information content (AvgIpc) is 2.68. The zero-order chi connectivity index (χ0) is 17.8. The number of phenolic OH excluding ortho intramolecular Hbond substituents is 1. The zero-order valence-corrected chi connectivity index (χ0v) is 14.0. The van der Waals surface area contributed by atoms with Crippen LogP contribution in [0.15, 0.2) is 48.5 Å². The van der Waals surface area contributed by atoms with Crippen molar-refractivity contribution in [3.05, 3.63) is 59.7 Å². The summed E-state index contributed by atoms with van der Waals surface area (Å²) in [6.07, 6.45) is 0. The average molecular weight is 340 g/mol. The lowest BCUT2D eigenvalue weighted by Gasteiger charge is -2.35. The Kier molecular flexibility index (Phi) is 4.88. The molecule has 1 N–H and O–H groups in total. The van der Waals surface area contributed by atoms with Gasteiger partial charge in [0.1, 0.15) is 11.5 Å². The number of benzene rings is 2. The molecule has 0 saturated carbocycles. The van der Waals surface area contributed by atoms with E-state index in [0.29, 0.717) is 37.5 Å². The van der Waals surface area contributed by atoms with Crippen LogP contribution in [0.2, 0.25) is 0 Å². The van der Waals surface area contributed by atoms with E-state index in [2.05, 4.69) is 0 Å². The Morgan fingerprint density at radius 1 is 0.920 bits per heavy atom. The first-order valence-corrected chi connectivity index (χ1v) is 8.11. The molecule has 0 atom stereocenters. The van der Waals surface area contributed by atoms with Crippen LogP contribution in [0.4, 0.5) is 0 Å². The minimum atomic E-state index is -0.261. The first kappa shape index (κ1) is 16.8.